The number of ether oxygens (including phenoxy) is 1. The Morgan fingerprint density at radius 3 is 2.40 bits per heavy atom. The van der Waals surface area contributed by atoms with Crippen LogP contribution in [0.4, 0.5) is 0 Å². The molecule has 2 rings (SSSR count). The van der Waals surface area contributed by atoms with Crippen molar-refractivity contribution >= 4 is 47.9 Å². The molecule has 134 valence electrons. The molecular weight excluding hydrogens is 474 g/mol. The first kappa shape index (κ1) is 20.1. The van der Waals surface area contributed by atoms with Crippen LogP contribution in [0.1, 0.15) is 22.8 Å². The second kappa shape index (κ2) is 8.44. The molecule has 0 radical (unpaired) electrons. The molecule has 0 amide bonds. The molecule has 0 atom stereocenters. The third-order valence-corrected chi connectivity index (χ3v) is 7.04. The van der Waals surface area contributed by atoms with E-state index in [-0.39, 0.29) is 18.0 Å². The largest absolute Gasteiger partial charge is 0.462 e. The molecular formula is C17H17Br2NO4S. The normalized spacial score (nSPS) is 11.6. The van der Waals surface area contributed by atoms with Gasteiger partial charge in [-0.25, -0.2) is 13.2 Å². The number of carbonyl (C=O) groups excluding carboxylic acids is 1. The van der Waals surface area contributed by atoms with Gasteiger partial charge in [-0.3, -0.25) is 0 Å². The van der Waals surface area contributed by atoms with Crippen molar-refractivity contribution in [2.24, 2.45) is 0 Å². The molecule has 0 heterocycles. The number of hydrogen-bond donors (Lipinski definition) is 0. The van der Waals surface area contributed by atoms with Gasteiger partial charge in [0, 0.05) is 22.5 Å². The topological polar surface area (TPSA) is 63.7 Å². The third kappa shape index (κ3) is 4.69. The Hall–Kier alpha value is -1.22. The van der Waals surface area contributed by atoms with Crippen LogP contribution >= 0.6 is 31.9 Å². The van der Waals surface area contributed by atoms with Crippen molar-refractivity contribution in [3.05, 3.63) is 62.5 Å². The van der Waals surface area contributed by atoms with E-state index in [1.807, 2.05) is 24.3 Å². The van der Waals surface area contributed by atoms with E-state index in [0.717, 1.165) is 10.0 Å². The van der Waals surface area contributed by atoms with Crippen LogP contribution in [0.25, 0.3) is 0 Å². The third-order valence-electron chi connectivity index (χ3n) is 3.48. The molecule has 8 heteroatoms. The molecule has 0 saturated carbocycles. The van der Waals surface area contributed by atoms with Gasteiger partial charge in [-0.1, -0.05) is 34.1 Å². The molecule has 0 saturated heterocycles. The summed E-state index contributed by atoms with van der Waals surface area (Å²) in [4.78, 5) is 11.9. The van der Waals surface area contributed by atoms with Crippen molar-refractivity contribution in [1.29, 1.82) is 0 Å². The zero-order chi connectivity index (χ0) is 18.6. The molecule has 0 aliphatic carbocycles. The lowest BCUT2D eigenvalue weighted by atomic mass is 10.2. The summed E-state index contributed by atoms with van der Waals surface area (Å²) in [5, 5.41) is 0. The molecule has 2 aromatic carbocycles. The number of esters is 1. The van der Waals surface area contributed by atoms with Crippen LogP contribution < -0.4 is 0 Å². The van der Waals surface area contributed by atoms with E-state index in [4.69, 9.17) is 4.74 Å². The van der Waals surface area contributed by atoms with E-state index in [9.17, 15) is 13.2 Å². The van der Waals surface area contributed by atoms with Crippen LogP contribution in [0.5, 0.6) is 0 Å². The number of rotatable bonds is 6. The molecule has 2 aromatic rings. The average Bonchev–Trinajstić information content (AvgIpc) is 2.56. The Bertz CT molecular complexity index is 884. The lowest BCUT2D eigenvalue weighted by Crippen LogP contribution is -2.27. The zero-order valence-corrected chi connectivity index (χ0v) is 17.7. The fourth-order valence-corrected chi connectivity index (χ4v) is 4.76. The molecule has 0 aliphatic rings. The minimum Gasteiger partial charge on any atom is -0.462 e. The van der Waals surface area contributed by atoms with Gasteiger partial charge in [0.05, 0.1) is 17.1 Å². The highest BCUT2D eigenvalue weighted by Gasteiger charge is 2.25. The molecule has 5 nitrogen and oxygen atoms in total. The molecule has 0 bridgehead atoms. The minimum absolute atomic E-state index is 0.0927. The second-order valence-corrected chi connectivity index (χ2v) is 8.94. The standard InChI is InChI=1S/C17H17Br2NO4S/c1-3-24-17(21)12-8-9-16(15(19)10-12)25(22,23)20(2)11-13-6-4-5-7-14(13)18/h4-10H,3,11H2,1-2H3. The maximum Gasteiger partial charge on any atom is 0.338 e. The van der Waals surface area contributed by atoms with Crippen molar-refractivity contribution in [2.75, 3.05) is 13.7 Å². The quantitative estimate of drug-likeness (QED) is 0.569. The van der Waals surface area contributed by atoms with E-state index in [1.165, 1.54) is 29.6 Å². The van der Waals surface area contributed by atoms with E-state index in [1.54, 1.807) is 6.92 Å². The van der Waals surface area contributed by atoms with Crippen LogP contribution in [0.3, 0.4) is 0 Å². The van der Waals surface area contributed by atoms with Gasteiger partial charge in [-0.15, -0.1) is 0 Å². The Kier molecular flexibility index (Phi) is 6.79. The SMILES string of the molecule is CCOC(=O)c1ccc(S(=O)(=O)N(C)Cc2ccccc2Br)c(Br)c1. The van der Waals surface area contributed by atoms with E-state index < -0.39 is 16.0 Å². The van der Waals surface area contributed by atoms with Crippen LogP contribution in [-0.2, 0) is 21.3 Å². The lowest BCUT2D eigenvalue weighted by Gasteiger charge is -2.19. The Morgan fingerprint density at radius 2 is 1.80 bits per heavy atom. The summed E-state index contributed by atoms with van der Waals surface area (Å²) in [6, 6.07) is 11.7. The van der Waals surface area contributed by atoms with Gasteiger partial charge in [0.1, 0.15) is 0 Å². The summed E-state index contributed by atoms with van der Waals surface area (Å²) in [6.07, 6.45) is 0. The number of sulfonamides is 1. The highest BCUT2D eigenvalue weighted by molar-refractivity contribution is 9.10. The van der Waals surface area contributed by atoms with Crippen LogP contribution in [0, 0.1) is 0 Å². The molecule has 0 aromatic heterocycles. The molecule has 0 spiro atoms. The number of nitrogens with zero attached hydrogens (tertiary/aromatic N) is 1. The highest BCUT2D eigenvalue weighted by Crippen LogP contribution is 2.28. The minimum atomic E-state index is -3.73. The average molecular weight is 491 g/mol. The predicted molar refractivity (Wildman–Crippen MR) is 103 cm³/mol. The first-order valence-electron chi connectivity index (χ1n) is 7.43. The van der Waals surface area contributed by atoms with Gasteiger partial charge < -0.3 is 4.74 Å². The monoisotopic (exact) mass is 489 g/mol. The Morgan fingerprint density at radius 1 is 1.12 bits per heavy atom. The van der Waals surface area contributed by atoms with Crippen LogP contribution in [0.2, 0.25) is 0 Å². The summed E-state index contributed by atoms with van der Waals surface area (Å²) in [5.74, 6) is -0.492. The highest BCUT2D eigenvalue weighted by atomic mass is 79.9. The van der Waals surface area contributed by atoms with Crippen molar-refractivity contribution in [3.8, 4) is 0 Å². The van der Waals surface area contributed by atoms with Crippen molar-refractivity contribution in [3.63, 3.8) is 0 Å². The first-order chi connectivity index (χ1) is 11.8. The van der Waals surface area contributed by atoms with Crippen LogP contribution in [-0.4, -0.2) is 32.3 Å². The van der Waals surface area contributed by atoms with Crippen molar-refractivity contribution < 1.29 is 17.9 Å². The van der Waals surface area contributed by atoms with Gasteiger partial charge in [-0.05, 0) is 52.7 Å². The fourth-order valence-electron chi connectivity index (χ4n) is 2.17. The summed E-state index contributed by atoms with van der Waals surface area (Å²) in [7, 11) is -2.21. The number of hydrogen-bond acceptors (Lipinski definition) is 4. The Labute approximate surface area is 164 Å². The first-order valence-corrected chi connectivity index (χ1v) is 10.5. The van der Waals surface area contributed by atoms with E-state index >= 15 is 0 Å². The van der Waals surface area contributed by atoms with Gasteiger partial charge in [0.2, 0.25) is 10.0 Å². The van der Waals surface area contributed by atoms with E-state index in [2.05, 4.69) is 31.9 Å². The fraction of sp³-hybridized carbons (Fsp3) is 0.235. The molecule has 0 aliphatic heterocycles. The van der Waals surface area contributed by atoms with Gasteiger partial charge in [0.15, 0.2) is 0 Å². The maximum absolute atomic E-state index is 12.8. The van der Waals surface area contributed by atoms with Gasteiger partial charge in [0.25, 0.3) is 0 Å². The van der Waals surface area contributed by atoms with Gasteiger partial charge >= 0.3 is 5.97 Å². The predicted octanol–water partition coefficient (Wildman–Crippen LogP) is 4.21. The molecule has 25 heavy (non-hydrogen) atoms. The van der Waals surface area contributed by atoms with Crippen LogP contribution in [0.15, 0.2) is 56.3 Å². The summed E-state index contributed by atoms with van der Waals surface area (Å²) < 4.78 is 33.0. The van der Waals surface area contributed by atoms with Gasteiger partial charge in [-0.2, -0.15) is 4.31 Å². The lowest BCUT2D eigenvalue weighted by molar-refractivity contribution is 0.0526. The number of benzene rings is 2. The number of carbonyl (C=O) groups is 1. The summed E-state index contributed by atoms with van der Waals surface area (Å²) >= 11 is 6.67. The molecule has 0 unspecified atom stereocenters. The molecule has 0 N–H and O–H groups in total. The van der Waals surface area contributed by atoms with Crippen molar-refractivity contribution in [2.45, 2.75) is 18.4 Å². The second-order valence-electron chi connectivity index (χ2n) is 5.22. The summed E-state index contributed by atoms with van der Waals surface area (Å²) in [6.45, 7) is 2.18. The maximum atomic E-state index is 12.8. The Balaban J connectivity index is 2.29. The summed E-state index contributed by atoms with van der Waals surface area (Å²) in [5.41, 5.74) is 1.15. The number of halogens is 2. The van der Waals surface area contributed by atoms with E-state index in [0.29, 0.717) is 10.0 Å². The van der Waals surface area contributed by atoms with Crippen molar-refractivity contribution in [1.82, 2.24) is 4.31 Å². The zero-order valence-electron chi connectivity index (χ0n) is 13.7. The smallest absolute Gasteiger partial charge is 0.338 e. The molecule has 0 fully saturated rings.